The second-order valence-electron chi connectivity index (χ2n) is 5.15. The molecule has 1 aromatic heterocycles. The number of aromatic nitrogens is 3. The second kappa shape index (κ2) is 5.70. The number of para-hydroxylation sites is 1. The lowest BCUT2D eigenvalue weighted by Gasteiger charge is -2.25. The molecular formula is C14H19N5O. The Morgan fingerprint density at radius 3 is 2.85 bits per heavy atom. The van der Waals surface area contributed by atoms with E-state index < -0.39 is 0 Å². The largest absolute Gasteiger partial charge is 0.376 e. The molecular weight excluding hydrogens is 254 g/mol. The van der Waals surface area contributed by atoms with Gasteiger partial charge in [-0.05, 0) is 24.5 Å². The monoisotopic (exact) mass is 273 g/mol. The van der Waals surface area contributed by atoms with E-state index in [4.69, 9.17) is 10.6 Å². The van der Waals surface area contributed by atoms with Crippen LogP contribution in [-0.2, 0) is 4.74 Å². The lowest BCUT2D eigenvalue weighted by Crippen LogP contribution is -2.39. The molecule has 0 amide bonds. The van der Waals surface area contributed by atoms with Crippen LogP contribution >= 0.6 is 0 Å². The summed E-state index contributed by atoms with van der Waals surface area (Å²) < 4.78 is 7.63. The quantitative estimate of drug-likeness (QED) is 0.646. The molecule has 3 unspecified atom stereocenters. The summed E-state index contributed by atoms with van der Waals surface area (Å²) in [7, 11) is 0. The van der Waals surface area contributed by atoms with Gasteiger partial charge in [-0.25, -0.2) is 10.1 Å². The highest BCUT2D eigenvalue weighted by molar-refractivity contribution is 5.32. The Kier molecular flexibility index (Phi) is 3.77. The standard InChI is InChI=1S/C14H19N5O/c1-10-7-8-20-14(10)13(17-15)12-9-16-18-19(12)11-5-3-2-4-6-11/h2-6,9-10,13-14,17H,7-8,15H2,1H3. The van der Waals surface area contributed by atoms with Gasteiger partial charge in [-0.1, -0.05) is 30.3 Å². The molecule has 1 fully saturated rings. The first kappa shape index (κ1) is 13.2. The van der Waals surface area contributed by atoms with Crippen LogP contribution in [0.1, 0.15) is 25.1 Å². The van der Waals surface area contributed by atoms with Crippen LogP contribution in [0.3, 0.4) is 0 Å². The van der Waals surface area contributed by atoms with Crippen molar-refractivity contribution < 1.29 is 4.74 Å². The minimum absolute atomic E-state index is 0.0426. The number of nitrogens with one attached hydrogen (secondary N) is 1. The Morgan fingerprint density at radius 1 is 1.40 bits per heavy atom. The first-order valence-electron chi connectivity index (χ1n) is 6.85. The minimum Gasteiger partial charge on any atom is -0.376 e. The van der Waals surface area contributed by atoms with Crippen molar-refractivity contribution in [2.75, 3.05) is 6.61 Å². The molecule has 3 atom stereocenters. The number of rotatable bonds is 4. The van der Waals surface area contributed by atoms with Crippen LogP contribution in [0.25, 0.3) is 5.69 Å². The summed E-state index contributed by atoms with van der Waals surface area (Å²) in [6, 6.07) is 9.78. The average molecular weight is 273 g/mol. The summed E-state index contributed by atoms with van der Waals surface area (Å²) in [5, 5.41) is 8.19. The second-order valence-corrected chi connectivity index (χ2v) is 5.15. The van der Waals surface area contributed by atoms with Crippen molar-refractivity contribution in [3.63, 3.8) is 0 Å². The smallest absolute Gasteiger partial charge is 0.0913 e. The van der Waals surface area contributed by atoms with Gasteiger partial charge in [0.1, 0.15) is 0 Å². The molecule has 0 aliphatic carbocycles. The minimum atomic E-state index is -0.122. The number of benzene rings is 1. The summed E-state index contributed by atoms with van der Waals surface area (Å²) in [6.45, 7) is 2.95. The third-order valence-corrected chi connectivity index (χ3v) is 3.85. The van der Waals surface area contributed by atoms with Crippen molar-refractivity contribution in [1.29, 1.82) is 0 Å². The maximum Gasteiger partial charge on any atom is 0.0913 e. The zero-order valence-corrected chi connectivity index (χ0v) is 11.4. The Bertz CT molecular complexity index is 556. The van der Waals surface area contributed by atoms with Crippen LogP contribution in [0.2, 0.25) is 0 Å². The van der Waals surface area contributed by atoms with Crippen molar-refractivity contribution in [2.24, 2.45) is 11.8 Å². The fraction of sp³-hybridized carbons (Fsp3) is 0.429. The molecule has 2 aromatic rings. The van der Waals surface area contributed by atoms with Crippen molar-refractivity contribution in [3.05, 3.63) is 42.2 Å². The molecule has 3 rings (SSSR count). The fourth-order valence-electron chi connectivity index (χ4n) is 2.72. The zero-order chi connectivity index (χ0) is 13.9. The molecule has 3 N–H and O–H groups in total. The maximum absolute atomic E-state index is 5.82. The van der Waals surface area contributed by atoms with Gasteiger partial charge in [0, 0.05) is 6.61 Å². The van der Waals surface area contributed by atoms with Gasteiger partial charge in [0.05, 0.1) is 29.7 Å². The number of hydrogen-bond donors (Lipinski definition) is 2. The number of ether oxygens (including phenoxy) is 1. The van der Waals surface area contributed by atoms with E-state index in [0.717, 1.165) is 24.4 Å². The Hall–Kier alpha value is -1.76. The van der Waals surface area contributed by atoms with E-state index in [9.17, 15) is 0 Å². The van der Waals surface area contributed by atoms with E-state index in [0.29, 0.717) is 5.92 Å². The molecule has 1 aliphatic rings. The number of hydrazine groups is 1. The van der Waals surface area contributed by atoms with Gasteiger partial charge in [0.25, 0.3) is 0 Å². The maximum atomic E-state index is 5.82. The lowest BCUT2D eigenvalue weighted by atomic mass is 9.96. The van der Waals surface area contributed by atoms with E-state index in [2.05, 4.69) is 22.7 Å². The van der Waals surface area contributed by atoms with Crippen LogP contribution in [0, 0.1) is 5.92 Å². The topological polar surface area (TPSA) is 78.0 Å². The van der Waals surface area contributed by atoms with Crippen LogP contribution in [-0.4, -0.2) is 27.7 Å². The van der Waals surface area contributed by atoms with Crippen LogP contribution < -0.4 is 11.3 Å². The predicted octanol–water partition coefficient (Wildman–Crippen LogP) is 1.20. The summed E-state index contributed by atoms with van der Waals surface area (Å²) in [5.41, 5.74) is 4.74. The van der Waals surface area contributed by atoms with Gasteiger partial charge in [-0.3, -0.25) is 5.84 Å². The van der Waals surface area contributed by atoms with E-state index in [1.807, 2.05) is 30.3 Å². The van der Waals surface area contributed by atoms with E-state index in [1.165, 1.54) is 0 Å². The molecule has 1 saturated heterocycles. The third kappa shape index (κ3) is 2.33. The molecule has 0 saturated carbocycles. The van der Waals surface area contributed by atoms with Crippen molar-refractivity contribution in [3.8, 4) is 5.69 Å². The molecule has 20 heavy (non-hydrogen) atoms. The first-order chi connectivity index (χ1) is 9.81. The highest BCUT2D eigenvalue weighted by Crippen LogP contribution is 2.31. The molecule has 0 bridgehead atoms. The number of nitrogens with zero attached hydrogens (tertiary/aromatic N) is 3. The lowest BCUT2D eigenvalue weighted by molar-refractivity contribution is 0.0587. The van der Waals surface area contributed by atoms with E-state index >= 15 is 0 Å². The molecule has 1 aliphatic heterocycles. The normalized spacial score (nSPS) is 23.9. The van der Waals surface area contributed by atoms with E-state index in [-0.39, 0.29) is 12.1 Å². The van der Waals surface area contributed by atoms with Gasteiger partial charge >= 0.3 is 0 Å². The van der Waals surface area contributed by atoms with Crippen LogP contribution in [0.4, 0.5) is 0 Å². The SMILES string of the molecule is CC1CCOC1C(NN)c1cnnn1-c1ccccc1. The van der Waals surface area contributed by atoms with Crippen molar-refractivity contribution in [1.82, 2.24) is 20.4 Å². The summed E-state index contributed by atoms with van der Waals surface area (Å²) in [5.74, 6) is 6.21. The summed E-state index contributed by atoms with van der Waals surface area (Å²) in [4.78, 5) is 0. The van der Waals surface area contributed by atoms with Gasteiger partial charge < -0.3 is 4.74 Å². The van der Waals surface area contributed by atoms with Crippen LogP contribution in [0.15, 0.2) is 36.5 Å². The first-order valence-corrected chi connectivity index (χ1v) is 6.85. The van der Waals surface area contributed by atoms with Gasteiger partial charge in [0.2, 0.25) is 0 Å². The predicted molar refractivity (Wildman–Crippen MR) is 74.9 cm³/mol. The Labute approximate surface area is 117 Å². The van der Waals surface area contributed by atoms with E-state index in [1.54, 1.807) is 10.9 Å². The Balaban J connectivity index is 1.95. The van der Waals surface area contributed by atoms with Crippen molar-refractivity contribution in [2.45, 2.75) is 25.5 Å². The molecule has 0 radical (unpaired) electrons. The van der Waals surface area contributed by atoms with Crippen LogP contribution in [0.5, 0.6) is 0 Å². The van der Waals surface area contributed by atoms with Gasteiger partial charge in [0.15, 0.2) is 0 Å². The summed E-state index contributed by atoms with van der Waals surface area (Å²) >= 11 is 0. The molecule has 0 spiro atoms. The van der Waals surface area contributed by atoms with Crippen molar-refractivity contribution >= 4 is 0 Å². The average Bonchev–Trinajstić information content (AvgIpc) is 3.11. The molecule has 2 heterocycles. The number of nitrogens with two attached hydrogens (primary N) is 1. The molecule has 6 heteroatoms. The number of hydrogen-bond acceptors (Lipinski definition) is 5. The summed E-state index contributed by atoms with van der Waals surface area (Å²) in [6.07, 6.45) is 2.84. The highest BCUT2D eigenvalue weighted by atomic mass is 16.5. The fourth-order valence-corrected chi connectivity index (χ4v) is 2.72. The van der Waals surface area contributed by atoms with Gasteiger partial charge in [-0.2, -0.15) is 0 Å². The Morgan fingerprint density at radius 2 is 2.20 bits per heavy atom. The molecule has 1 aromatic carbocycles. The highest BCUT2D eigenvalue weighted by Gasteiger charge is 2.34. The zero-order valence-electron chi connectivity index (χ0n) is 11.4. The molecule has 6 nitrogen and oxygen atoms in total. The third-order valence-electron chi connectivity index (χ3n) is 3.85. The molecule has 106 valence electrons. The van der Waals surface area contributed by atoms with Gasteiger partial charge in [-0.15, -0.1) is 5.10 Å².